The van der Waals surface area contributed by atoms with Gasteiger partial charge in [0.25, 0.3) is 0 Å². The Morgan fingerprint density at radius 3 is 2.79 bits per heavy atom. The maximum Gasteiger partial charge on any atom is 0.128 e. The molecule has 1 unspecified atom stereocenters. The van der Waals surface area contributed by atoms with Crippen molar-refractivity contribution in [2.75, 3.05) is 13.2 Å². The van der Waals surface area contributed by atoms with Crippen LogP contribution in [0.15, 0.2) is 24.3 Å². The molecule has 0 bridgehead atoms. The lowest BCUT2D eigenvalue weighted by atomic mass is 9.78. The minimum atomic E-state index is -0.552. The van der Waals surface area contributed by atoms with Gasteiger partial charge < -0.3 is 15.2 Å². The second-order valence-corrected chi connectivity index (χ2v) is 5.56. The van der Waals surface area contributed by atoms with Crippen LogP contribution in [0.4, 0.5) is 4.39 Å². The number of benzene rings is 1. The first-order valence-electron chi connectivity index (χ1n) is 6.83. The van der Waals surface area contributed by atoms with Gasteiger partial charge in [0.2, 0.25) is 0 Å². The summed E-state index contributed by atoms with van der Waals surface area (Å²) in [6.45, 7) is 3.11. The summed E-state index contributed by atoms with van der Waals surface area (Å²) in [6, 6.07) is 6.53. The van der Waals surface area contributed by atoms with Crippen LogP contribution in [0.2, 0.25) is 0 Å². The van der Waals surface area contributed by atoms with Crippen LogP contribution in [-0.4, -0.2) is 29.9 Å². The van der Waals surface area contributed by atoms with Crippen molar-refractivity contribution in [1.82, 2.24) is 5.32 Å². The van der Waals surface area contributed by atoms with Gasteiger partial charge in [-0.1, -0.05) is 18.2 Å². The van der Waals surface area contributed by atoms with Crippen molar-refractivity contribution in [3.8, 4) is 0 Å². The van der Waals surface area contributed by atoms with Crippen LogP contribution in [0.5, 0.6) is 0 Å². The van der Waals surface area contributed by atoms with E-state index < -0.39 is 6.10 Å². The Hall–Kier alpha value is -0.970. The van der Waals surface area contributed by atoms with E-state index in [0.29, 0.717) is 12.1 Å². The standard InChI is InChI=1S/C15H22FNO2/c1-15(7-4-8-15)17-9-13(18)11-19-10-12-5-2-3-6-14(12)16/h2-3,5-6,13,17-18H,4,7-11H2,1H3. The number of halogens is 1. The van der Waals surface area contributed by atoms with Crippen LogP contribution in [0.25, 0.3) is 0 Å². The number of aliphatic hydroxyl groups excluding tert-OH is 1. The van der Waals surface area contributed by atoms with Gasteiger partial charge in [-0.25, -0.2) is 4.39 Å². The SMILES string of the molecule is CC1(NCC(O)COCc2ccccc2F)CCC1. The fourth-order valence-electron chi connectivity index (χ4n) is 2.23. The lowest BCUT2D eigenvalue weighted by molar-refractivity contribution is 0.0209. The minimum absolute atomic E-state index is 0.187. The quantitative estimate of drug-likeness (QED) is 0.796. The number of nitrogens with one attached hydrogen (secondary N) is 1. The number of hydrogen-bond acceptors (Lipinski definition) is 3. The van der Waals surface area contributed by atoms with E-state index in [1.54, 1.807) is 18.2 Å². The van der Waals surface area contributed by atoms with Crippen LogP contribution in [0.3, 0.4) is 0 Å². The molecule has 1 fully saturated rings. The number of ether oxygens (including phenoxy) is 1. The van der Waals surface area contributed by atoms with Crippen molar-refractivity contribution in [1.29, 1.82) is 0 Å². The third-order valence-corrected chi connectivity index (χ3v) is 3.75. The molecule has 2 rings (SSSR count). The van der Waals surface area contributed by atoms with E-state index in [2.05, 4.69) is 12.2 Å². The van der Waals surface area contributed by atoms with Gasteiger partial charge in [-0.05, 0) is 32.3 Å². The Balaban J connectivity index is 1.64. The fourth-order valence-corrected chi connectivity index (χ4v) is 2.23. The highest BCUT2D eigenvalue weighted by Crippen LogP contribution is 2.30. The fraction of sp³-hybridized carbons (Fsp3) is 0.600. The summed E-state index contributed by atoms with van der Waals surface area (Å²) in [7, 11) is 0. The van der Waals surface area contributed by atoms with E-state index in [9.17, 15) is 9.50 Å². The van der Waals surface area contributed by atoms with Crippen molar-refractivity contribution in [3.05, 3.63) is 35.6 Å². The molecule has 0 spiro atoms. The van der Waals surface area contributed by atoms with Gasteiger partial charge in [0.1, 0.15) is 5.82 Å². The summed E-state index contributed by atoms with van der Waals surface area (Å²) in [5, 5.41) is 13.1. The molecule has 106 valence electrons. The molecule has 1 atom stereocenters. The van der Waals surface area contributed by atoms with E-state index in [1.165, 1.54) is 12.5 Å². The lowest BCUT2D eigenvalue weighted by Gasteiger charge is -2.40. The summed E-state index contributed by atoms with van der Waals surface area (Å²) in [4.78, 5) is 0. The molecule has 0 radical (unpaired) electrons. The monoisotopic (exact) mass is 267 g/mol. The Labute approximate surface area is 113 Å². The zero-order chi connectivity index (χ0) is 13.7. The first-order chi connectivity index (χ1) is 9.09. The summed E-state index contributed by atoms with van der Waals surface area (Å²) in [5.74, 6) is -0.267. The summed E-state index contributed by atoms with van der Waals surface area (Å²) in [6.07, 6.45) is 3.03. The van der Waals surface area contributed by atoms with Crippen molar-refractivity contribution >= 4 is 0 Å². The molecule has 0 aromatic heterocycles. The molecule has 4 heteroatoms. The van der Waals surface area contributed by atoms with Gasteiger partial charge in [0.05, 0.1) is 19.3 Å². The predicted octanol–water partition coefficient (Wildman–Crippen LogP) is 2.24. The largest absolute Gasteiger partial charge is 0.389 e. The van der Waals surface area contributed by atoms with Gasteiger partial charge in [0.15, 0.2) is 0 Å². The van der Waals surface area contributed by atoms with Crippen molar-refractivity contribution < 1.29 is 14.2 Å². The van der Waals surface area contributed by atoms with Crippen molar-refractivity contribution in [3.63, 3.8) is 0 Å². The summed E-state index contributed by atoms with van der Waals surface area (Å²) < 4.78 is 18.7. The average molecular weight is 267 g/mol. The summed E-state index contributed by atoms with van der Waals surface area (Å²) in [5.41, 5.74) is 0.709. The molecule has 3 nitrogen and oxygen atoms in total. The van der Waals surface area contributed by atoms with Gasteiger partial charge in [-0.3, -0.25) is 0 Å². The third-order valence-electron chi connectivity index (χ3n) is 3.75. The number of β-amino-alcohol motifs (C(OH)–C–C–N with tert-alkyl or cyclic N) is 1. The molecule has 1 saturated carbocycles. The van der Waals surface area contributed by atoms with E-state index in [0.717, 1.165) is 12.8 Å². The first kappa shape index (κ1) is 14.4. The van der Waals surface area contributed by atoms with Crippen LogP contribution in [0.1, 0.15) is 31.7 Å². The Morgan fingerprint density at radius 2 is 2.16 bits per heavy atom. The molecule has 0 saturated heterocycles. The Kier molecular flexibility index (Phi) is 4.91. The van der Waals surface area contributed by atoms with E-state index in [4.69, 9.17) is 4.74 Å². The van der Waals surface area contributed by atoms with Gasteiger partial charge >= 0.3 is 0 Å². The molecule has 0 heterocycles. The highest BCUT2D eigenvalue weighted by atomic mass is 19.1. The lowest BCUT2D eigenvalue weighted by Crippen LogP contribution is -2.51. The van der Waals surface area contributed by atoms with Crippen LogP contribution in [0, 0.1) is 5.82 Å². The predicted molar refractivity (Wildman–Crippen MR) is 72.3 cm³/mol. The maximum absolute atomic E-state index is 13.3. The highest BCUT2D eigenvalue weighted by molar-refractivity contribution is 5.16. The zero-order valence-electron chi connectivity index (χ0n) is 11.4. The smallest absolute Gasteiger partial charge is 0.128 e. The molecule has 0 amide bonds. The van der Waals surface area contributed by atoms with Crippen molar-refractivity contribution in [2.45, 2.75) is 44.4 Å². The molecule has 1 aromatic carbocycles. The second kappa shape index (κ2) is 6.46. The second-order valence-electron chi connectivity index (χ2n) is 5.56. The Bertz CT molecular complexity index is 407. The molecule has 1 aliphatic carbocycles. The highest BCUT2D eigenvalue weighted by Gasteiger charge is 2.31. The normalized spacial score (nSPS) is 18.9. The number of rotatable bonds is 7. The molecular formula is C15H22FNO2. The molecule has 1 aliphatic rings. The van der Waals surface area contributed by atoms with E-state index >= 15 is 0 Å². The zero-order valence-corrected chi connectivity index (χ0v) is 11.4. The maximum atomic E-state index is 13.3. The molecule has 0 aliphatic heterocycles. The van der Waals surface area contributed by atoms with Crippen molar-refractivity contribution in [2.24, 2.45) is 0 Å². The van der Waals surface area contributed by atoms with E-state index in [-0.39, 0.29) is 24.6 Å². The molecule has 2 N–H and O–H groups in total. The molecule has 19 heavy (non-hydrogen) atoms. The van der Waals surface area contributed by atoms with Crippen LogP contribution in [-0.2, 0) is 11.3 Å². The molecule has 1 aromatic rings. The topological polar surface area (TPSA) is 41.5 Å². The van der Waals surface area contributed by atoms with Gasteiger partial charge in [-0.15, -0.1) is 0 Å². The van der Waals surface area contributed by atoms with Crippen LogP contribution >= 0.6 is 0 Å². The van der Waals surface area contributed by atoms with Crippen LogP contribution < -0.4 is 5.32 Å². The van der Waals surface area contributed by atoms with E-state index in [1.807, 2.05) is 0 Å². The first-order valence-corrected chi connectivity index (χ1v) is 6.83. The summed E-state index contributed by atoms with van der Waals surface area (Å²) >= 11 is 0. The minimum Gasteiger partial charge on any atom is -0.389 e. The number of hydrogen-bond donors (Lipinski definition) is 2. The van der Waals surface area contributed by atoms with Gasteiger partial charge in [0, 0.05) is 17.6 Å². The average Bonchev–Trinajstić information content (AvgIpc) is 2.36. The molecular weight excluding hydrogens is 245 g/mol. The Morgan fingerprint density at radius 1 is 1.42 bits per heavy atom. The van der Waals surface area contributed by atoms with Gasteiger partial charge in [-0.2, -0.15) is 0 Å². The number of aliphatic hydroxyl groups is 1. The third kappa shape index (κ3) is 4.27.